The molecule has 1 atom stereocenters. The van der Waals surface area contributed by atoms with E-state index in [1.54, 1.807) is 6.07 Å². The predicted octanol–water partition coefficient (Wildman–Crippen LogP) is 4.34. The second kappa shape index (κ2) is 8.02. The minimum atomic E-state index is -0.194. The SMILES string of the molecule is CCC(NCCC(=O)NC(C)(C)C)c1ccc(Cl)cc1Cl. The molecule has 0 aliphatic rings. The average Bonchev–Trinajstić information content (AvgIpc) is 2.33. The van der Waals surface area contributed by atoms with Crippen LogP contribution in [0.15, 0.2) is 18.2 Å². The molecule has 0 fully saturated rings. The van der Waals surface area contributed by atoms with Gasteiger partial charge in [0.2, 0.25) is 5.91 Å². The molecule has 0 bridgehead atoms. The van der Waals surface area contributed by atoms with Crippen LogP contribution in [0.25, 0.3) is 0 Å². The quantitative estimate of drug-likeness (QED) is 0.814. The van der Waals surface area contributed by atoms with Gasteiger partial charge in [0.05, 0.1) is 0 Å². The molecule has 0 saturated heterocycles. The van der Waals surface area contributed by atoms with Crippen LogP contribution in [0.4, 0.5) is 0 Å². The Hall–Kier alpha value is -0.770. The minimum absolute atomic E-state index is 0.0482. The maximum atomic E-state index is 11.8. The molecule has 1 amide bonds. The van der Waals surface area contributed by atoms with Crippen LogP contribution >= 0.6 is 23.2 Å². The van der Waals surface area contributed by atoms with Crippen molar-refractivity contribution in [2.24, 2.45) is 0 Å². The first-order valence-electron chi connectivity index (χ1n) is 7.22. The van der Waals surface area contributed by atoms with Gasteiger partial charge in [0.25, 0.3) is 0 Å². The fraction of sp³-hybridized carbons (Fsp3) is 0.562. The Bertz CT molecular complexity index is 484. The summed E-state index contributed by atoms with van der Waals surface area (Å²) in [6.45, 7) is 8.61. The summed E-state index contributed by atoms with van der Waals surface area (Å²) in [6.07, 6.45) is 1.33. The molecule has 0 saturated carbocycles. The zero-order valence-electron chi connectivity index (χ0n) is 13.1. The summed E-state index contributed by atoms with van der Waals surface area (Å²) in [6, 6.07) is 5.63. The van der Waals surface area contributed by atoms with E-state index >= 15 is 0 Å². The molecule has 1 unspecified atom stereocenters. The highest BCUT2D eigenvalue weighted by atomic mass is 35.5. The molecule has 21 heavy (non-hydrogen) atoms. The number of rotatable bonds is 6. The monoisotopic (exact) mass is 330 g/mol. The summed E-state index contributed by atoms with van der Waals surface area (Å²) < 4.78 is 0. The third kappa shape index (κ3) is 6.68. The van der Waals surface area contributed by atoms with Crippen LogP contribution in [0.5, 0.6) is 0 Å². The van der Waals surface area contributed by atoms with Crippen molar-refractivity contribution in [2.45, 2.75) is 52.1 Å². The molecular weight excluding hydrogens is 307 g/mol. The number of benzene rings is 1. The third-order valence-corrected chi connectivity index (χ3v) is 3.57. The molecule has 0 radical (unpaired) electrons. The molecule has 5 heteroatoms. The Morgan fingerprint density at radius 2 is 1.95 bits per heavy atom. The van der Waals surface area contributed by atoms with E-state index in [0.29, 0.717) is 23.0 Å². The molecule has 1 aromatic carbocycles. The summed E-state index contributed by atoms with van der Waals surface area (Å²) in [5, 5.41) is 7.60. The van der Waals surface area contributed by atoms with E-state index in [1.807, 2.05) is 32.9 Å². The predicted molar refractivity (Wildman–Crippen MR) is 90.0 cm³/mol. The summed E-state index contributed by atoms with van der Waals surface area (Å²) in [5.74, 6) is 0.0482. The lowest BCUT2D eigenvalue weighted by molar-refractivity contribution is -0.122. The molecule has 0 aromatic heterocycles. The molecule has 0 heterocycles. The summed E-state index contributed by atoms with van der Waals surface area (Å²) in [7, 11) is 0. The Labute approximate surface area is 137 Å². The smallest absolute Gasteiger partial charge is 0.221 e. The fourth-order valence-electron chi connectivity index (χ4n) is 2.10. The van der Waals surface area contributed by atoms with Crippen molar-refractivity contribution >= 4 is 29.1 Å². The van der Waals surface area contributed by atoms with Gasteiger partial charge in [-0.3, -0.25) is 4.79 Å². The highest BCUT2D eigenvalue weighted by molar-refractivity contribution is 6.35. The van der Waals surface area contributed by atoms with Gasteiger partial charge in [0.1, 0.15) is 0 Å². The van der Waals surface area contributed by atoms with Crippen LogP contribution in [0.2, 0.25) is 10.0 Å². The number of carbonyl (C=O) groups excluding carboxylic acids is 1. The summed E-state index contributed by atoms with van der Waals surface area (Å²) in [5.41, 5.74) is 0.820. The molecule has 118 valence electrons. The van der Waals surface area contributed by atoms with Gasteiger partial charge in [-0.1, -0.05) is 36.2 Å². The Morgan fingerprint density at radius 3 is 2.48 bits per heavy atom. The molecule has 0 aliphatic heterocycles. The van der Waals surface area contributed by atoms with E-state index in [-0.39, 0.29) is 17.5 Å². The van der Waals surface area contributed by atoms with Crippen LogP contribution in [0.1, 0.15) is 52.1 Å². The molecule has 0 spiro atoms. The second-order valence-corrected chi connectivity index (χ2v) is 6.97. The van der Waals surface area contributed by atoms with Crippen LogP contribution in [0, 0.1) is 0 Å². The first-order chi connectivity index (χ1) is 9.73. The molecular formula is C16H24Cl2N2O. The molecule has 0 aliphatic carbocycles. The molecule has 1 aromatic rings. The highest BCUT2D eigenvalue weighted by Crippen LogP contribution is 2.27. The van der Waals surface area contributed by atoms with Crippen molar-refractivity contribution in [1.82, 2.24) is 10.6 Å². The minimum Gasteiger partial charge on any atom is -0.351 e. The number of nitrogens with one attached hydrogen (secondary N) is 2. The van der Waals surface area contributed by atoms with Gasteiger partial charge in [-0.05, 0) is 44.9 Å². The first kappa shape index (κ1) is 18.3. The van der Waals surface area contributed by atoms with E-state index in [4.69, 9.17) is 23.2 Å². The summed E-state index contributed by atoms with van der Waals surface area (Å²) in [4.78, 5) is 11.8. The van der Waals surface area contributed by atoms with Crippen LogP contribution < -0.4 is 10.6 Å². The number of carbonyl (C=O) groups is 1. The average molecular weight is 331 g/mol. The fourth-order valence-corrected chi connectivity index (χ4v) is 2.64. The normalized spacial score (nSPS) is 13.0. The molecule has 2 N–H and O–H groups in total. The van der Waals surface area contributed by atoms with E-state index < -0.39 is 0 Å². The van der Waals surface area contributed by atoms with Gasteiger partial charge < -0.3 is 10.6 Å². The number of hydrogen-bond donors (Lipinski definition) is 2. The van der Waals surface area contributed by atoms with Crippen molar-refractivity contribution in [3.05, 3.63) is 33.8 Å². The van der Waals surface area contributed by atoms with Gasteiger partial charge in [0, 0.05) is 34.6 Å². The number of halogens is 2. The van der Waals surface area contributed by atoms with Crippen molar-refractivity contribution in [3.63, 3.8) is 0 Å². The first-order valence-corrected chi connectivity index (χ1v) is 7.98. The van der Waals surface area contributed by atoms with Gasteiger partial charge >= 0.3 is 0 Å². The van der Waals surface area contributed by atoms with E-state index in [2.05, 4.69) is 17.6 Å². The zero-order chi connectivity index (χ0) is 16.0. The van der Waals surface area contributed by atoms with Crippen molar-refractivity contribution in [3.8, 4) is 0 Å². The van der Waals surface area contributed by atoms with Crippen LogP contribution in [-0.4, -0.2) is 18.0 Å². The Kier molecular flexibility index (Phi) is 6.98. The van der Waals surface area contributed by atoms with Crippen molar-refractivity contribution < 1.29 is 4.79 Å². The van der Waals surface area contributed by atoms with E-state index in [0.717, 1.165) is 12.0 Å². The second-order valence-electron chi connectivity index (χ2n) is 6.13. The van der Waals surface area contributed by atoms with E-state index in [9.17, 15) is 4.79 Å². The maximum Gasteiger partial charge on any atom is 0.221 e. The largest absolute Gasteiger partial charge is 0.351 e. The van der Waals surface area contributed by atoms with Crippen LogP contribution in [-0.2, 0) is 4.79 Å². The van der Waals surface area contributed by atoms with Gasteiger partial charge in [-0.15, -0.1) is 0 Å². The summed E-state index contributed by atoms with van der Waals surface area (Å²) >= 11 is 12.1. The van der Waals surface area contributed by atoms with E-state index in [1.165, 1.54) is 0 Å². The number of hydrogen-bond acceptors (Lipinski definition) is 2. The standard InChI is InChI=1S/C16H24Cl2N2O/c1-5-14(12-7-6-11(17)10-13(12)18)19-9-8-15(21)20-16(2,3)4/h6-7,10,14,19H,5,8-9H2,1-4H3,(H,20,21). The van der Waals surface area contributed by atoms with Crippen molar-refractivity contribution in [1.29, 1.82) is 0 Å². The lowest BCUT2D eigenvalue weighted by Crippen LogP contribution is -2.41. The molecule has 3 nitrogen and oxygen atoms in total. The topological polar surface area (TPSA) is 41.1 Å². The Morgan fingerprint density at radius 1 is 1.29 bits per heavy atom. The molecule has 1 rings (SSSR count). The van der Waals surface area contributed by atoms with Crippen molar-refractivity contribution in [2.75, 3.05) is 6.54 Å². The highest BCUT2D eigenvalue weighted by Gasteiger charge is 2.15. The van der Waals surface area contributed by atoms with Gasteiger partial charge in [-0.25, -0.2) is 0 Å². The lowest BCUT2D eigenvalue weighted by atomic mass is 10.0. The van der Waals surface area contributed by atoms with Gasteiger partial charge in [-0.2, -0.15) is 0 Å². The van der Waals surface area contributed by atoms with Gasteiger partial charge in [0.15, 0.2) is 0 Å². The lowest BCUT2D eigenvalue weighted by Gasteiger charge is -2.22. The number of amides is 1. The maximum absolute atomic E-state index is 11.8. The third-order valence-electron chi connectivity index (χ3n) is 3.00. The Balaban J connectivity index is 2.54. The van der Waals surface area contributed by atoms with Crippen LogP contribution in [0.3, 0.4) is 0 Å². The zero-order valence-corrected chi connectivity index (χ0v) is 14.6.